The maximum Gasteiger partial charge on any atom is 0.287 e. The quantitative estimate of drug-likeness (QED) is 0.835. The summed E-state index contributed by atoms with van der Waals surface area (Å²) in [5, 5.41) is 7.61. The van der Waals surface area contributed by atoms with Crippen LogP contribution in [0.2, 0.25) is 5.02 Å². The molecule has 0 saturated carbocycles. The molecule has 1 atom stereocenters. The Morgan fingerprint density at radius 3 is 2.68 bits per heavy atom. The topological polar surface area (TPSA) is 46.9 Å². The second kappa shape index (κ2) is 7.53. The van der Waals surface area contributed by atoms with Crippen LogP contribution >= 0.6 is 11.6 Å². The summed E-state index contributed by atoms with van der Waals surface area (Å²) in [6.07, 6.45) is 3.60. The van der Waals surface area contributed by atoms with E-state index in [2.05, 4.69) is 38.1 Å². The van der Waals surface area contributed by atoms with Gasteiger partial charge in [-0.25, -0.2) is 4.68 Å². The van der Waals surface area contributed by atoms with Crippen LogP contribution in [0.1, 0.15) is 40.5 Å². The maximum atomic E-state index is 12.0. The molecule has 0 aliphatic rings. The van der Waals surface area contributed by atoms with E-state index in [4.69, 9.17) is 11.6 Å². The Kier molecular flexibility index (Phi) is 6.35. The number of anilines is 1. The number of aryl methyl sites for hydroxylation is 1. The lowest BCUT2D eigenvalue weighted by molar-refractivity contribution is 0.439. The average Bonchev–Trinajstić information content (AvgIpc) is 2.38. The minimum atomic E-state index is -0.211. The smallest absolute Gasteiger partial charge is 0.287 e. The van der Waals surface area contributed by atoms with Crippen molar-refractivity contribution in [2.45, 2.75) is 47.1 Å². The molecule has 0 aromatic carbocycles. The number of unbranched alkanes of at least 4 members (excludes halogenated alkanes) is 1. The molecule has 1 N–H and O–H groups in total. The molecule has 5 heteroatoms. The predicted molar refractivity (Wildman–Crippen MR) is 80.9 cm³/mol. The maximum absolute atomic E-state index is 12.0. The molecule has 0 saturated heterocycles. The Balaban J connectivity index is 2.76. The average molecular weight is 286 g/mol. The Bertz CT molecular complexity index is 456. The van der Waals surface area contributed by atoms with Gasteiger partial charge in [0.05, 0.1) is 11.9 Å². The standard InChI is InChI=1S/C14H24ClN3O/c1-5-6-7-18-14(19)13(15)12(9-17-18)16-8-11(4)10(2)3/h9-11,16H,5-8H2,1-4H3. The van der Waals surface area contributed by atoms with Crippen LogP contribution in [0.5, 0.6) is 0 Å². The van der Waals surface area contributed by atoms with Crippen LogP contribution in [0.3, 0.4) is 0 Å². The third-order valence-corrected chi connectivity index (χ3v) is 3.83. The molecule has 1 aromatic heterocycles. The zero-order chi connectivity index (χ0) is 14.4. The molecular formula is C14H24ClN3O. The fourth-order valence-electron chi connectivity index (χ4n) is 1.56. The van der Waals surface area contributed by atoms with Gasteiger partial charge in [-0.05, 0) is 18.3 Å². The predicted octanol–water partition coefficient (Wildman–Crippen LogP) is 3.40. The fourth-order valence-corrected chi connectivity index (χ4v) is 1.78. The van der Waals surface area contributed by atoms with E-state index in [1.165, 1.54) is 4.68 Å². The number of nitrogens with one attached hydrogen (secondary N) is 1. The van der Waals surface area contributed by atoms with Crippen molar-refractivity contribution < 1.29 is 0 Å². The number of nitrogens with zero attached hydrogens (tertiary/aromatic N) is 2. The van der Waals surface area contributed by atoms with Crippen molar-refractivity contribution >= 4 is 17.3 Å². The molecule has 1 rings (SSSR count). The Morgan fingerprint density at radius 1 is 1.42 bits per heavy atom. The van der Waals surface area contributed by atoms with Crippen molar-refractivity contribution in [2.24, 2.45) is 11.8 Å². The van der Waals surface area contributed by atoms with E-state index in [1.54, 1.807) is 6.20 Å². The van der Waals surface area contributed by atoms with Gasteiger partial charge >= 0.3 is 0 Å². The highest BCUT2D eigenvalue weighted by atomic mass is 35.5. The van der Waals surface area contributed by atoms with Crippen LogP contribution in [0, 0.1) is 11.8 Å². The van der Waals surface area contributed by atoms with Gasteiger partial charge in [-0.2, -0.15) is 5.10 Å². The first-order chi connectivity index (χ1) is 8.97. The molecule has 1 aromatic rings. The number of halogens is 1. The molecule has 1 unspecified atom stereocenters. The first-order valence-electron chi connectivity index (χ1n) is 6.96. The van der Waals surface area contributed by atoms with Crippen LogP contribution in [0.4, 0.5) is 5.69 Å². The third kappa shape index (κ3) is 4.53. The van der Waals surface area contributed by atoms with E-state index in [1.807, 2.05) is 0 Å². The van der Waals surface area contributed by atoms with Gasteiger partial charge in [0.25, 0.3) is 5.56 Å². The van der Waals surface area contributed by atoms with Gasteiger partial charge in [-0.1, -0.05) is 45.7 Å². The lowest BCUT2D eigenvalue weighted by atomic mass is 9.98. The number of hydrogen-bond donors (Lipinski definition) is 1. The zero-order valence-electron chi connectivity index (χ0n) is 12.2. The van der Waals surface area contributed by atoms with Crippen LogP contribution in [-0.4, -0.2) is 16.3 Å². The van der Waals surface area contributed by atoms with Gasteiger partial charge in [0.1, 0.15) is 5.02 Å². The van der Waals surface area contributed by atoms with Crippen LogP contribution in [0.15, 0.2) is 11.0 Å². The first kappa shape index (κ1) is 16.0. The van der Waals surface area contributed by atoms with Crippen molar-refractivity contribution in [3.8, 4) is 0 Å². The molecule has 0 radical (unpaired) electrons. The van der Waals surface area contributed by atoms with E-state index in [0.717, 1.165) is 19.4 Å². The van der Waals surface area contributed by atoms with Gasteiger partial charge in [-0.15, -0.1) is 0 Å². The number of hydrogen-bond acceptors (Lipinski definition) is 3. The molecule has 0 spiro atoms. The second-order valence-corrected chi connectivity index (χ2v) is 5.73. The van der Waals surface area contributed by atoms with Crippen LogP contribution in [0.25, 0.3) is 0 Å². The van der Waals surface area contributed by atoms with Gasteiger partial charge in [-0.3, -0.25) is 4.79 Å². The van der Waals surface area contributed by atoms with Gasteiger partial charge < -0.3 is 5.32 Å². The van der Waals surface area contributed by atoms with Crippen LogP contribution < -0.4 is 10.9 Å². The number of aromatic nitrogens is 2. The minimum absolute atomic E-state index is 0.211. The Morgan fingerprint density at radius 2 is 2.11 bits per heavy atom. The van der Waals surface area contributed by atoms with Crippen molar-refractivity contribution in [1.82, 2.24) is 9.78 Å². The van der Waals surface area contributed by atoms with E-state index in [0.29, 0.717) is 24.1 Å². The molecule has 19 heavy (non-hydrogen) atoms. The van der Waals surface area contributed by atoms with Gasteiger partial charge in [0, 0.05) is 13.1 Å². The molecule has 108 valence electrons. The first-order valence-corrected chi connectivity index (χ1v) is 7.34. The van der Waals surface area contributed by atoms with Crippen molar-refractivity contribution in [3.05, 3.63) is 21.6 Å². The van der Waals surface area contributed by atoms with E-state index in [9.17, 15) is 4.79 Å². The summed E-state index contributed by atoms with van der Waals surface area (Å²) < 4.78 is 1.43. The summed E-state index contributed by atoms with van der Waals surface area (Å²) >= 11 is 6.10. The van der Waals surface area contributed by atoms with E-state index >= 15 is 0 Å². The highest BCUT2D eigenvalue weighted by Crippen LogP contribution is 2.17. The van der Waals surface area contributed by atoms with Gasteiger partial charge in [0.2, 0.25) is 0 Å². The summed E-state index contributed by atoms with van der Waals surface area (Å²) in [5.74, 6) is 1.10. The lowest BCUT2D eigenvalue weighted by Crippen LogP contribution is -2.25. The second-order valence-electron chi connectivity index (χ2n) is 5.36. The van der Waals surface area contributed by atoms with Crippen molar-refractivity contribution in [3.63, 3.8) is 0 Å². The lowest BCUT2D eigenvalue weighted by Gasteiger charge is -2.17. The largest absolute Gasteiger partial charge is 0.382 e. The molecule has 0 fully saturated rings. The summed E-state index contributed by atoms with van der Waals surface area (Å²) in [6, 6.07) is 0. The third-order valence-electron chi connectivity index (χ3n) is 3.46. The highest BCUT2D eigenvalue weighted by Gasteiger charge is 2.11. The molecule has 4 nitrogen and oxygen atoms in total. The van der Waals surface area contributed by atoms with Crippen LogP contribution in [-0.2, 0) is 6.54 Å². The fraction of sp³-hybridized carbons (Fsp3) is 0.714. The van der Waals surface area contributed by atoms with Crippen molar-refractivity contribution in [1.29, 1.82) is 0 Å². The molecule has 0 aliphatic heterocycles. The summed E-state index contributed by atoms with van der Waals surface area (Å²) in [5.41, 5.74) is 0.421. The minimum Gasteiger partial charge on any atom is -0.382 e. The molecule has 0 amide bonds. The normalized spacial score (nSPS) is 12.7. The highest BCUT2D eigenvalue weighted by molar-refractivity contribution is 6.32. The zero-order valence-corrected chi connectivity index (χ0v) is 13.0. The molecule has 1 heterocycles. The summed E-state index contributed by atoms with van der Waals surface area (Å²) in [6.45, 7) is 10.0. The molecule has 0 bridgehead atoms. The van der Waals surface area contributed by atoms with E-state index in [-0.39, 0.29) is 10.6 Å². The Hall–Kier alpha value is -1.03. The molecule has 0 aliphatic carbocycles. The van der Waals surface area contributed by atoms with Gasteiger partial charge in [0.15, 0.2) is 0 Å². The Labute approximate surface area is 120 Å². The SMILES string of the molecule is CCCCn1ncc(NCC(C)C(C)C)c(Cl)c1=O. The van der Waals surface area contributed by atoms with Crippen molar-refractivity contribution in [2.75, 3.05) is 11.9 Å². The van der Waals surface area contributed by atoms with E-state index < -0.39 is 0 Å². The monoisotopic (exact) mass is 285 g/mol. The summed E-state index contributed by atoms with van der Waals surface area (Å²) in [4.78, 5) is 12.0. The number of rotatable bonds is 7. The summed E-state index contributed by atoms with van der Waals surface area (Å²) in [7, 11) is 0. The molecular weight excluding hydrogens is 262 g/mol.